The Morgan fingerprint density at radius 3 is 2.89 bits per heavy atom. The number of nitrogens with one attached hydrogen (secondary N) is 2. The first-order valence-corrected chi connectivity index (χ1v) is 6.89. The first kappa shape index (κ1) is 13.9. The quantitative estimate of drug-likeness (QED) is 0.872. The van der Waals surface area contributed by atoms with Gasteiger partial charge in [0.05, 0.1) is 19.2 Å². The van der Waals surface area contributed by atoms with Gasteiger partial charge in [0.1, 0.15) is 5.75 Å². The van der Waals surface area contributed by atoms with Crippen LogP contribution in [0.25, 0.3) is 0 Å². The van der Waals surface area contributed by atoms with E-state index < -0.39 is 0 Å². The molecule has 0 radical (unpaired) electrons. The van der Waals surface area contributed by atoms with Crippen LogP contribution in [0.1, 0.15) is 37.8 Å². The van der Waals surface area contributed by atoms with Crippen LogP contribution < -0.4 is 15.4 Å². The minimum absolute atomic E-state index is 0.0487. The van der Waals surface area contributed by atoms with Crippen molar-refractivity contribution in [1.29, 1.82) is 0 Å². The van der Waals surface area contributed by atoms with Gasteiger partial charge in [0.25, 0.3) is 0 Å². The summed E-state index contributed by atoms with van der Waals surface area (Å²) in [5.74, 6) is 0.894. The second-order valence-electron chi connectivity index (χ2n) is 4.97. The highest BCUT2D eigenvalue weighted by Crippen LogP contribution is 2.24. The molecule has 4 nitrogen and oxygen atoms in total. The second-order valence-corrected chi connectivity index (χ2v) is 4.97. The fourth-order valence-corrected chi connectivity index (χ4v) is 2.49. The number of benzene rings is 1. The molecule has 1 amide bonds. The van der Waals surface area contributed by atoms with Gasteiger partial charge in [-0.15, -0.1) is 0 Å². The molecule has 2 rings (SSSR count). The van der Waals surface area contributed by atoms with Crippen molar-refractivity contribution in [3.8, 4) is 5.75 Å². The van der Waals surface area contributed by atoms with Crippen molar-refractivity contribution in [3.05, 3.63) is 29.8 Å². The zero-order chi connectivity index (χ0) is 13.7. The van der Waals surface area contributed by atoms with Crippen LogP contribution in [0.2, 0.25) is 0 Å². The summed E-state index contributed by atoms with van der Waals surface area (Å²) in [5.41, 5.74) is 1.01. The van der Waals surface area contributed by atoms with E-state index in [-0.39, 0.29) is 18.0 Å². The third-order valence-electron chi connectivity index (χ3n) is 3.59. The number of hydrogen-bond acceptors (Lipinski definition) is 3. The Hall–Kier alpha value is -1.55. The first-order chi connectivity index (χ1) is 9.22. The van der Waals surface area contributed by atoms with E-state index in [1.165, 1.54) is 0 Å². The predicted octanol–water partition coefficient (Wildman–Crippen LogP) is 2.01. The van der Waals surface area contributed by atoms with E-state index in [1.54, 1.807) is 7.11 Å². The van der Waals surface area contributed by atoms with Crippen molar-refractivity contribution >= 4 is 5.91 Å². The number of carbonyl (C=O) groups excluding carboxylic acids is 1. The molecule has 104 valence electrons. The lowest BCUT2D eigenvalue weighted by Gasteiger charge is -2.25. The molecular weight excluding hydrogens is 240 g/mol. The molecule has 1 heterocycles. The minimum Gasteiger partial charge on any atom is -0.496 e. The van der Waals surface area contributed by atoms with Gasteiger partial charge in [-0.2, -0.15) is 0 Å². The van der Waals surface area contributed by atoms with Crippen LogP contribution in [0.4, 0.5) is 0 Å². The molecule has 1 aromatic rings. The highest BCUT2D eigenvalue weighted by Gasteiger charge is 2.22. The summed E-state index contributed by atoms with van der Waals surface area (Å²) < 4.78 is 5.33. The Morgan fingerprint density at radius 1 is 1.42 bits per heavy atom. The number of hydrogen-bond donors (Lipinski definition) is 2. The van der Waals surface area contributed by atoms with Crippen molar-refractivity contribution in [1.82, 2.24) is 10.6 Å². The lowest BCUT2D eigenvalue weighted by atomic mass is 10.0. The predicted molar refractivity (Wildman–Crippen MR) is 75.2 cm³/mol. The van der Waals surface area contributed by atoms with Gasteiger partial charge < -0.3 is 15.4 Å². The Morgan fingerprint density at radius 2 is 2.21 bits per heavy atom. The van der Waals surface area contributed by atoms with Gasteiger partial charge >= 0.3 is 0 Å². The molecule has 1 fully saturated rings. The summed E-state index contributed by atoms with van der Waals surface area (Å²) in [6.07, 6.45) is 3.20. The van der Waals surface area contributed by atoms with Crippen LogP contribution in [0.3, 0.4) is 0 Å². The van der Waals surface area contributed by atoms with E-state index in [0.717, 1.165) is 37.1 Å². The van der Waals surface area contributed by atoms with Gasteiger partial charge in [0, 0.05) is 5.56 Å². The molecule has 0 saturated carbocycles. The largest absolute Gasteiger partial charge is 0.496 e. The molecule has 1 aromatic carbocycles. The Labute approximate surface area is 114 Å². The molecule has 0 aromatic heterocycles. The monoisotopic (exact) mass is 262 g/mol. The highest BCUT2D eigenvalue weighted by molar-refractivity contribution is 5.82. The Balaban J connectivity index is 1.99. The van der Waals surface area contributed by atoms with E-state index in [4.69, 9.17) is 4.74 Å². The Bertz CT molecular complexity index is 428. The zero-order valence-corrected chi connectivity index (χ0v) is 11.6. The standard InChI is InChI=1S/C15H22N2O2/c1-11(12-7-3-4-9-14(12)19-2)17-15(18)13-8-5-6-10-16-13/h3-4,7,9,11,13,16H,5-6,8,10H2,1-2H3,(H,17,18)/t11-,13+/m1/s1. The van der Waals surface area contributed by atoms with E-state index in [0.29, 0.717) is 0 Å². The number of ether oxygens (including phenoxy) is 1. The Kier molecular flexibility index (Phi) is 4.80. The van der Waals surface area contributed by atoms with Crippen LogP contribution >= 0.6 is 0 Å². The molecule has 0 bridgehead atoms. The highest BCUT2D eigenvalue weighted by atomic mass is 16.5. The lowest BCUT2D eigenvalue weighted by molar-refractivity contribution is -0.124. The van der Waals surface area contributed by atoms with Crippen molar-refractivity contribution < 1.29 is 9.53 Å². The molecule has 2 N–H and O–H groups in total. The van der Waals surface area contributed by atoms with E-state index in [9.17, 15) is 4.79 Å². The fourth-order valence-electron chi connectivity index (χ4n) is 2.49. The third-order valence-corrected chi connectivity index (χ3v) is 3.59. The molecule has 4 heteroatoms. The van der Waals surface area contributed by atoms with Gasteiger partial charge in [0.15, 0.2) is 0 Å². The number of rotatable bonds is 4. The maximum Gasteiger partial charge on any atom is 0.237 e. The molecule has 1 aliphatic rings. The van der Waals surface area contributed by atoms with E-state index >= 15 is 0 Å². The van der Waals surface area contributed by atoms with Crippen LogP contribution in [0.15, 0.2) is 24.3 Å². The van der Waals surface area contributed by atoms with Crippen molar-refractivity contribution in [2.45, 2.75) is 38.3 Å². The summed E-state index contributed by atoms with van der Waals surface area (Å²) in [6, 6.07) is 7.69. The van der Waals surface area contributed by atoms with Crippen molar-refractivity contribution in [3.63, 3.8) is 0 Å². The van der Waals surface area contributed by atoms with Crippen molar-refractivity contribution in [2.24, 2.45) is 0 Å². The molecule has 0 aliphatic carbocycles. The van der Waals surface area contributed by atoms with Gasteiger partial charge in [-0.3, -0.25) is 4.79 Å². The number of amides is 1. The van der Waals surface area contributed by atoms with Crippen LogP contribution in [-0.2, 0) is 4.79 Å². The van der Waals surface area contributed by atoms with Gasteiger partial charge in [-0.1, -0.05) is 24.6 Å². The molecule has 1 aliphatic heterocycles. The molecule has 0 unspecified atom stereocenters. The molecule has 1 saturated heterocycles. The topological polar surface area (TPSA) is 50.4 Å². The zero-order valence-electron chi connectivity index (χ0n) is 11.6. The maximum absolute atomic E-state index is 12.2. The average molecular weight is 262 g/mol. The maximum atomic E-state index is 12.2. The second kappa shape index (κ2) is 6.57. The van der Waals surface area contributed by atoms with Crippen LogP contribution in [-0.4, -0.2) is 25.6 Å². The normalized spacial score (nSPS) is 20.6. The molecule has 0 spiro atoms. The fraction of sp³-hybridized carbons (Fsp3) is 0.533. The smallest absolute Gasteiger partial charge is 0.237 e. The number of piperidine rings is 1. The minimum atomic E-state index is -0.0501. The summed E-state index contributed by atoms with van der Waals surface area (Å²) in [4.78, 5) is 12.2. The number of carbonyl (C=O) groups is 1. The molecule has 19 heavy (non-hydrogen) atoms. The first-order valence-electron chi connectivity index (χ1n) is 6.89. The van der Waals surface area contributed by atoms with Gasteiger partial charge in [-0.25, -0.2) is 0 Å². The number of para-hydroxylation sites is 1. The summed E-state index contributed by atoms with van der Waals surface area (Å²) >= 11 is 0. The summed E-state index contributed by atoms with van der Waals surface area (Å²) in [6.45, 7) is 2.92. The number of methoxy groups -OCH3 is 1. The SMILES string of the molecule is COc1ccccc1[C@@H](C)NC(=O)[C@@H]1CCCCN1. The van der Waals surface area contributed by atoms with Gasteiger partial charge in [-0.05, 0) is 32.4 Å². The summed E-state index contributed by atoms with van der Waals surface area (Å²) in [5, 5.41) is 6.32. The van der Waals surface area contributed by atoms with Crippen LogP contribution in [0.5, 0.6) is 5.75 Å². The van der Waals surface area contributed by atoms with Crippen LogP contribution in [0, 0.1) is 0 Å². The lowest BCUT2D eigenvalue weighted by Crippen LogP contribution is -2.47. The van der Waals surface area contributed by atoms with Crippen molar-refractivity contribution in [2.75, 3.05) is 13.7 Å². The average Bonchev–Trinajstić information content (AvgIpc) is 2.48. The van der Waals surface area contributed by atoms with Gasteiger partial charge in [0.2, 0.25) is 5.91 Å². The molecule has 2 atom stereocenters. The summed E-state index contributed by atoms with van der Waals surface area (Å²) in [7, 11) is 1.65. The molecular formula is C15H22N2O2. The van der Waals surface area contributed by atoms with E-state index in [1.807, 2.05) is 31.2 Å². The van der Waals surface area contributed by atoms with E-state index in [2.05, 4.69) is 10.6 Å². The third kappa shape index (κ3) is 3.47.